The van der Waals surface area contributed by atoms with Crippen LogP contribution < -0.4 is 4.90 Å². The summed E-state index contributed by atoms with van der Waals surface area (Å²) in [5, 5.41) is 3.98. The Labute approximate surface area is 162 Å². The highest BCUT2D eigenvalue weighted by molar-refractivity contribution is 6.00. The molecule has 4 rings (SSSR count). The molecule has 142 valence electrons. The van der Waals surface area contributed by atoms with Crippen molar-refractivity contribution in [1.29, 1.82) is 0 Å². The van der Waals surface area contributed by atoms with E-state index in [4.69, 9.17) is 9.26 Å². The maximum atomic E-state index is 12.7. The SMILES string of the molecule is Cc1onc(-c2ccccc2)c1C(=O)OCC(=O)N1CCCc2ccccc21. The number of esters is 1. The molecule has 0 aliphatic carbocycles. The maximum Gasteiger partial charge on any atom is 0.344 e. The number of nitrogens with zero attached hydrogens (tertiary/aromatic N) is 2. The summed E-state index contributed by atoms with van der Waals surface area (Å²) in [6, 6.07) is 17.1. The lowest BCUT2D eigenvalue weighted by Crippen LogP contribution is -2.38. The Kier molecular flexibility index (Phi) is 4.93. The molecule has 0 unspecified atom stereocenters. The molecule has 1 amide bonds. The number of carbonyl (C=O) groups is 2. The number of ether oxygens (including phenoxy) is 1. The predicted octanol–water partition coefficient (Wildman–Crippen LogP) is 3.79. The lowest BCUT2D eigenvalue weighted by molar-refractivity contribution is -0.121. The van der Waals surface area contributed by atoms with Gasteiger partial charge in [0.2, 0.25) is 0 Å². The molecule has 3 aromatic rings. The number of amides is 1. The summed E-state index contributed by atoms with van der Waals surface area (Å²) in [5.41, 5.74) is 3.44. The van der Waals surface area contributed by atoms with Crippen LogP contribution in [0.4, 0.5) is 5.69 Å². The third-order valence-electron chi connectivity index (χ3n) is 4.85. The van der Waals surface area contributed by atoms with Gasteiger partial charge in [-0.05, 0) is 31.4 Å². The Bertz CT molecular complexity index is 1010. The zero-order valence-electron chi connectivity index (χ0n) is 15.6. The number of para-hydroxylation sites is 1. The summed E-state index contributed by atoms with van der Waals surface area (Å²) >= 11 is 0. The quantitative estimate of drug-likeness (QED) is 0.648. The molecule has 0 spiro atoms. The molecule has 0 radical (unpaired) electrons. The largest absolute Gasteiger partial charge is 0.452 e. The van der Waals surface area contributed by atoms with Gasteiger partial charge in [-0.15, -0.1) is 0 Å². The van der Waals surface area contributed by atoms with Crippen LogP contribution in [0.1, 0.15) is 28.1 Å². The fourth-order valence-electron chi connectivity index (χ4n) is 3.48. The predicted molar refractivity (Wildman–Crippen MR) is 104 cm³/mol. The van der Waals surface area contributed by atoms with Crippen molar-refractivity contribution in [1.82, 2.24) is 5.16 Å². The van der Waals surface area contributed by atoms with Crippen LogP contribution in [0.25, 0.3) is 11.3 Å². The lowest BCUT2D eigenvalue weighted by Gasteiger charge is -2.29. The van der Waals surface area contributed by atoms with E-state index in [0.717, 1.165) is 29.7 Å². The Hall–Kier alpha value is -3.41. The van der Waals surface area contributed by atoms with Gasteiger partial charge in [0.15, 0.2) is 6.61 Å². The van der Waals surface area contributed by atoms with Crippen molar-refractivity contribution in [3.8, 4) is 11.3 Å². The molecule has 2 aromatic carbocycles. The average Bonchev–Trinajstić information content (AvgIpc) is 3.13. The molecular formula is C22H20N2O4. The number of rotatable bonds is 4. The van der Waals surface area contributed by atoms with E-state index in [-0.39, 0.29) is 18.1 Å². The molecule has 6 heteroatoms. The molecule has 0 atom stereocenters. The third kappa shape index (κ3) is 3.41. The van der Waals surface area contributed by atoms with Gasteiger partial charge < -0.3 is 14.2 Å². The molecule has 1 aromatic heterocycles. The number of carbonyl (C=O) groups excluding carboxylic acids is 2. The number of anilines is 1. The number of fused-ring (bicyclic) bond motifs is 1. The van der Waals surface area contributed by atoms with Crippen LogP contribution in [0.5, 0.6) is 0 Å². The van der Waals surface area contributed by atoms with Gasteiger partial charge in [0.05, 0.1) is 0 Å². The van der Waals surface area contributed by atoms with Gasteiger partial charge in [-0.2, -0.15) is 0 Å². The van der Waals surface area contributed by atoms with E-state index in [1.165, 1.54) is 0 Å². The first-order valence-electron chi connectivity index (χ1n) is 9.22. The summed E-state index contributed by atoms with van der Waals surface area (Å²) in [6.45, 7) is 1.94. The van der Waals surface area contributed by atoms with Gasteiger partial charge in [-0.3, -0.25) is 4.79 Å². The minimum atomic E-state index is -0.615. The first-order valence-corrected chi connectivity index (χ1v) is 9.22. The molecular weight excluding hydrogens is 356 g/mol. The van der Waals surface area contributed by atoms with Crippen molar-refractivity contribution in [2.24, 2.45) is 0 Å². The highest BCUT2D eigenvalue weighted by atomic mass is 16.5. The molecule has 28 heavy (non-hydrogen) atoms. The van der Waals surface area contributed by atoms with Gasteiger partial charge in [0.1, 0.15) is 17.0 Å². The van der Waals surface area contributed by atoms with Crippen LogP contribution in [0.15, 0.2) is 59.1 Å². The van der Waals surface area contributed by atoms with Crippen LogP contribution in [-0.4, -0.2) is 30.2 Å². The van der Waals surface area contributed by atoms with E-state index >= 15 is 0 Å². The minimum Gasteiger partial charge on any atom is -0.452 e. The summed E-state index contributed by atoms with van der Waals surface area (Å²) < 4.78 is 10.5. The van der Waals surface area contributed by atoms with Gasteiger partial charge in [0.25, 0.3) is 5.91 Å². The van der Waals surface area contributed by atoms with E-state index in [1.54, 1.807) is 11.8 Å². The van der Waals surface area contributed by atoms with Crippen LogP contribution in [-0.2, 0) is 16.0 Å². The fraction of sp³-hybridized carbons (Fsp3) is 0.227. The summed E-state index contributed by atoms with van der Waals surface area (Å²) in [6.07, 6.45) is 1.83. The number of hydrogen-bond donors (Lipinski definition) is 0. The highest BCUT2D eigenvalue weighted by Crippen LogP contribution is 2.28. The summed E-state index contributed by atoms with van der Waals surface area (Å²) in [5.74, 6) is -0.494. The van der Waals surface area contributed by atoms with Gasteiger partial charge in [0, 0.05) is 17.8 Å². The second-order valence-corrected chi connectivity index (χ2v) is 6.68. The molecule has 0 N–H and O–H groups in total. The van der Waals surface area contributed by atoms with Crippen molar-refractivity contribution in [2.75, 3.05) is 18.1 Å². The van der Waals surface area contributed by atoms with E-state index in [0.29, 0.717) is 18.0 Å². The Balaban J connectivity index is 1.49. The smallest absolute Gasteiger partial charge is 0.344 e. The molecule has 6 nitrogen and oxygen atoms in total. The lowest BCUT2D eigenvalue weighted by atomic mass is 10.0. The number of hydrogen-bond acceptors (Lipinski definition) is 5. The number of benzene rings is 2. The molecule has 2 heterocycles. The molecule has 1 aliphatic heterocycles. The van der Waals surface area contributed by atoms with E-state index in [2.05, 4.69) is 5.16 Å². The van der Waals surface area contributed by atoms with E-state index in [1.807, 2.05) is 54.6 Å². The minimum absolute atomic E-state index is 0.240. The topological polar surface area (TPSA) is 72.6 Å². The van der Waals surface area contributed by atoms with Crippen LogP contribution in [0, 0.1) is 6.92 Å². The second kappa shape index (κ2) is 7.68. The highest BCUT2D eigenvalue weighted by Gasteiger charge is 2.26. The van der Waals surface area contributed by atoms with E-state index < -0.39 is 5.97 Å². The fourth-order valence-corrected chi connectivity index (χ4v) is 3.48. The van der Waals surface area contributed by atoms with Crippen molar-refractivity contribution in [3.63, 3.8) is 0 Å². The standard InChI is InChI=1S/C22H20N2O4/c1-15-20(21(23-28-15)17-9-3-2-4-10-17)22(26)27-14-19(25)24-13-7-11-16-8-5-6-12-18(16)24/h2-6,8-10,12H,7,11,13-14H2,1H3. The van der Waals surface area contributed by atoms with Crippen molar-refractivity contribution in [2.45, 2.75) is 19.8 Å². The molecule has 1 aliphatic rings. The van der Waals surface area contributed by atoms with Gasteiger partial charge in [-0.25, -0.2) is 4.79 Å². The Morgan fingerprint density at radius 3 is 2.68 bits per heavy atom. The molecule has 0 bridgehead atoms. The van der Waals surface area contributed by atoms with Crippen molar-refractivity contribution >= 4 is 17.6 Å². The van der Waals surface area contributed by atoms with Crippen LogP contribution >= 0.6 is 0 Å². The zero-order valence-corrected chi connectivity index (χ0v) is 15.6. The van der Waals surface area contributed by atoms with E-state index in [9.17, 15) is 9.59 Å². The molecule has 0 saturated carbocycles. The third-order valence-corrected chi connectivity index (χ3v) is 4.85. The zero-order chi connectivity index (χ0) is 19.5. The maximum absolute atomic E-state index is 12.7. The first kappa shape index (κ1) is 18.0. The van der Waals surface area contributed by atoms with Gasteiger partial charge in [-0.1, -0.05) is 53.7 Å². The number of aryl methyl sites for hydroxylation is 2. The average molecular weight is 376 g/mol. The summed E-state index contributed by atoms with van der Waals surface area (Å²) in [7, 11) is 0. The van der Waals surface area contributed by atoms with Crippen LogP contribution in [0.3, 0.4) is 0 Å². The number of aromatic nitrogens is 1. The first-order chi connectivity index (χ1) is 13.6. The molecule has 0 saturated heterocycles. The van der Waals surface area contributed by atoms with Crippen LogP contribution in [0.2, 0.25) is 0 Å². The second-order valence-electron chi connectivity index (χ2n) is 6.68. The van der Waals surface area contributed by atoms with Crippen molar-refractivity contribution < 1.29 is 18.8 Å². The van der Waals surface area contributed by atoms with Crippen molar-refractivity contribution in [3.05, 3.63) is 71.5 Å². The Morgan fingerprint density at radius 2 is 1.86 bits per heavy atom. The normalized spacial score (nSPS) is 13.1. The molecule has 0 fully saturated rings. The summed E-state index contributed by atoms with van der Waals surface area (Å²) in [4.78, 5) is 27.0. The van der Waals surface area contributed by atoms with Gasteiger partial charge >= 0.3 is 5.97 Å². The Morgan fingerprint density at radius 1 is 1.11 bits per heavy atom. The monoisotopic (exact) mass is 376 g/mol.